The predicted molar refractivity (Wildman–Crippen MR) is 89.2 cm³/mol. The van der Waals surface area contributed by atoms with Crippen LogP contribution in [0.25, 0.3) is 0 Å². The molecule has 2 rings (SSSR count). The SMILES string of the molecule is CCC(C)C(N)C(=O)N(Cc1ccc(F)cc1)CC1CC1.Cl. The van der Waals surface area contributed by atoms with Crippen LogP contribution in [0, 0.1) is 17.7 Å². The number of rotatable bonds is 7. The van der Waals surface area contributed by atoms with E-state index in [0.717, 1.165) is 18.5 Å². The highest BCUT2D eigenvalue weighted by atomic mass is 35.5. The van der Waals surface area contributed by atoms with Gasteiger partial charge in [-0.1, -0.05) is 32.4 Å². The van der Waals surface area contributed by atoms with E-state index in [0.29, 0.717) is 12.5 Å². The molecule has 0 spiro atoms. The van der Waals surface area contributed by atoms with Gasteiger partial charge in [-0.2, -0.15) is 0 Å². The fourth-order valence-electron chi connectivity index (χ4n) is 2.36. The topological polar surface area (TPSA) is 46.3 Å². The van der Waals surface area contributed by atoms with Crippen LogP contribution in [0.5, 0.6) is 0 Å². The summed E-state index contributed by atoms with van der Waals surface area (Å²) in [6.07, 6.45) is 3.26. The van der Waals surface area contributed by atoms with E-state index in [1.54, 1.807) is 12.1 Å². The van der Waals surface area contributed by atoms with Crippen LogP contribution in [0.2, 0.25) is 0 Å². The molecule has 1 aliphatic rings. The second-order valence-corrected chi connectivity index (χ2v) is 6.20. The molecule has 0 saturated heterocycles. The second-order valence-electron chi connectivity index (χ2n) is 6.20. The summed E-state index contributed by atoms with van der Waals surface area (Å²) in [6.45, 7) is 5.33. The van der Waals surface area contributed by atoms with Crippen LogP contribution in [-0.4, -0.2) is 23.4 Å². The highest BCUT2D eigenvalue weighted by Gasteiger charge is 2.30. The molecule has 0 radical (unpaired) electrons. The maximum Gasteiger partial charge on any atom is 0.240 e. The molecule has 124 valence electrons. The number of halogens is 2. The number of benzene rings is 1. The lowest BCUT2D eigenvalue weighted by Gasteiger charge is -2.28. The minimum atomic E-state index is -0.450. The van der Waals surface area contributed by atoms with E-state index in [4.69, 9.17) is 5.73 Å². The van der Waals surface area contributed by atoms with Crippen LogP contribution in [-0.2, 0) is 11.3 Å². The summed E-state index contributed by atoms with van der Waals surface area (Å²) in [7, 11) is 0. The Hall–Kier alpha value is -1.13. The fraction of sp³-hybridized carbons (Fsp3) is 0.588. The zero-order valence-corrected chi connectivity index (χ0v) is 14.1. The second kappa shape index (κ2) is 8.49. The molecular weight excluding hydrogens is 303 g/mol. The maximum absolute atomic E-state index is 13.0. The van der Waals surface area contributed by atoms with Crippen molar-refractivity contribution in [3.8, 4) is 0 Å². The smallest absolute Gasteiger partial charge is 0.240 e. The van der Waals surface area contributed by atoms with Gasteiger partial charge in [-0.05, 0) is 42.4 Å². The Morgan fingerprint density at radius 1 is 1.36 bits per heavy atom. The molecule has 22 heavy (non-hydrogen) atoms. The summed E-state index contributed by atoms with van der Waals surface area (Å²) in [5.41, 5.74) is 7.04. The summed E-state index contributed by atoms with van der Waals surface area (Å²) in [6, 6.07) is 5.89. The van der Waals surface area contributed by atoms with Crippen molar-refractivity contribution in [3.63, 3.8) is 0 Å². The number of amides is 1. The summed E-state index contributed by atoms with van der Waals surface area (Å²) < 4.78 is 13.0. The minimum Gasteiger partial charge on any atom is -0.337 e. The van der Waals surface area contributed by atoms with Crippen molar-refractivity contribution in [1.29, 1.82) is 0 Å². The first-order chi connectivity index (χ1) is 10.0. The first-order valence-corrected chi connectivity index (χ1v) is 7.80. The highest BCUT2D eigenvalue weighted by Crippen LogP contribution is 2.30. The van der Waals surface area contributed by atoms with Crippen LogP contribution in [0.3, 0.4) is 0 Å². The van der Waals surface area contributed by atoms with E-state index < -0.39 is 6.04 Å². The molecule has 1 amide bonds. The average Bonchev–Trinajstić information content (AvgIpc) is 3.30. The monoisotopic (exact) mass is 328 g/mol. The summed E-state index contributed by atoms with van der Waals surface area (Å²) in [4.78, 5) is 14.5. The van der Waals surface area contributed by atoms with Gasteiger partial charge < -0.3 is 10.6 Å². The molecule has 0 heterocycles. The Morgan fingerprint density at radius 3 is 2.45 bits per heavy atom. The van der Waals surface area contributed by atoms with Gasteiger partial charge in [0.15, 0.2) is 0 Å². The zero-order valence-electron chi connectivity index (χ0n) is 13.3. The molecule has 0 aromatic heterocycles. The van der Waals surface area contributed by atoms with Gasteiger partial charge in [0.2, 0.25) is 5.91 Å². The predicted octanol–water partition coefficient (Wildman–Crippen LogP) is 3.36. The average molecular weight is 329 g/mol. The molecule has 1 fully saturated rings. The third-order valence-corrected chi connectivity index (χ3v) is 4.32. The van der Waals surface area contributed by atoms with Crippen molar-refractivity contribution < 1.29 is 9.18 Å². The summed E-state index contributed by atoms with van der Waals surface area (Å²) in [5.74, 6) is 0.543. The summed E-state index contributed by atoms with van der Waals surface area (Å²) in [5, 5.41) is 0. The van der Waals surface area contributed by atoms with Crippen molar-refractivity contribution in [2.24, 2.45) is 17.6 Å². The van der Waals surface area contributed by atoms with Gasteiger partial charge in [-0.3, -0.25) is 4.79 Å². The van der Waals surface area contributed by atoms with Crippen LogP contribution < -0.4 is 5.73 Å². The van der Waals surface area contributed by atoms with Crippen LogP contribution in [0.4, 0.5) is 4.39 Å². The van der Waals surface area contributed by atoms with Crippen molar-refractivity contribution in [2.75, 3.05) is 6.54 Å². The van der Waals surface area contributed by atoms with Gasteiger partial charge in [-0.15, -0.1) is 12.4 Å². The molecule has 1 aromatic rings. The lowest BCUT2D eigenvalue weighted by molar-refractivity contribution is -0.134. The van der Waals surface area contributed by atoms with Gasteiger partial charge in [0, 0.05) is 13.1 Å². The molecule has 3 nitrogen and oxygen atoms in total. The number of hydrogen-bond acceptors (Lipinski definition) is 2. The standard InChI is InChI=1S/C17H25FN2O.ClH/c1-3-12(2)16(19)17(21)20(10-13-4-5-13)11-14-6-8-15(18)9-7-14;/h6-9,12-13,16H,3-5,10-11,19H2,1-2H3;1H. The number of nitrogens with two attached hydrogens (primary N) is 1. The van der Waals surface area contributed by atoms with Crippen LogP contribution >= 0.6 is 12.4 Å². The molecule has 0 aliphatic heterocycles. The Labute approximate surface area is 138 Å². The van der Waals surface area contributed by atoms with E-state index in [-0.39, 0.29) is 30.0 Å². The number of carbonyl (C=O) groups excluding carboxylic acids is 1. The molecular formula is C17H26ClFN2O. The summed E-state index contributed by atoms with van der Waals surface area (Å²) >= 11 is 0. The van der Waals surface area contributed by atoms with Gasteiger partial charge in [0.25, 0.3) is 0 Å². The highest BCUT2D eigenvalue weighted by molar-refractivity contribution is 5.85. The van der Waals surface area contributed by atoms with E-state index in [1.165, 1.54) is 25.0 Å². The maximum atomic E-state index is 13.0. The lowest BCUT2D eigenvalue weighted by atomic mass is 9.98. The van der Waals surface area contributed by atoms with E-state index in [1.807, 2.05) is 18.7 Å². The largest absolute Gasteiger partial charge is 0.337 e. The van der Waals surface area contributed by atoms with E-state index in [9.17, 15) is 9.18 Å². The third-order valence-electron chi connectivity index (χ3n) is 4.32. The molecule has 1 saturated carbocycles. The third kappa shape index (κ3) is 5.25. The van der Waals surface area contributed by atoms with Crippen LogP contribution in [0.15, 0.2) is 24.3 Å². The van der Waals surface area contributed by atoms with Crippen molar-refractivity contribution in [3.05, 3.63) is 35.6 Å². The van der Waals surface area contributed by atoms with Crippen molar-refractivity contribution in [2.45, 2.75) is 45.7 Å². The van der Waals surface area contributed by atoms with E-state index in [2.05, 4.69) is 0 Å². The Bertz CT molecular complexity index is 476. The van der Waals surface area contributed by atoms with E-state index >= 15 is 0 Å². The van der Waals surface area contributed by atoms with Crippen molar-refractivity contribution in [1.82, 2.24) is 4.90 Å². The zero-order chi connectivity index (χ0) is 15.4. The Balaban J connectivity index is 0.00000242. The molecule has 1 aliphatic carbocycles. The molecule has 2 unspecified atom stereocenters. The van der Waals surface area contributed by atoms with Crippen molar-refractivity contribution >= 4 is 18.3 Å². The van der Waals surface area contributed by atoms with Gasteiger partial charge >= 0.3 is 0 Å². The lowest BCUT2D eigenvalue weighted by Crippen LogP contribution is -2.47. The number of carbonyl (C=O) groups is 1. The molecule has 2 N–H and O–H groups in total. The first-order valence-electron chi connectivity index (χ1n) is 7.80. The molecule has 5 heteroatoms. The van der Waals surface area contributed by atoms with Crippen LogP contribution in [0.1, 0.15) is 38.7 Å². The first kappa shape index (κ1) is 18.9. The van der Waals surface area contributed by atoms with Gasteiger partial charge in [-0.25, -0.2) is 4.39 Å². The normalized spacial score (nSPS) is 16.5. The molecule has 2 atom stereocenters. The Morgan fingerprint density at radius 2 is 1.95 bits per heavy atom. The quantitative estimate of drug-likeness (QED) is 0.834. The van der Waals surface area contributed by atoms with Gasteiger partial charge in [0.1, 0.15) is 5.82 Å². The number of nitrogens with zero attached hydrogens (tertiary/aromatic N) is 1. The molecule has 1 aromatic carbocycles. The fourth-order valence-corrected chi connectivity index (χ4v) is 2.36. The van der Waals surface area contributed by atoms with Gasteiger partial charge in [0.05, 0.1) is 6.04 Å². The Kier molecular flexibility index (Phi) is 7.30. The molecule has 0 bridgehead atoms. The number of hydrogen-bond donors (Lipinski definition) is 1. The minimum absolute atomic E-state index is 0.